The van der Waals surface area contributed by atoms with E-state index in [1.807, 2.05) is 0 Å². The molecule has 52 valence electrons. The minimum atomic E-state index is 0.583. The first kappa shape index (κ1) is 6.51. The molecule has 1 rings (SSSR count). The molecule has 0 saturated carbocycles. The zero-order chi connectivity index (χ0) is 6.69. The molecule has 0 spiro atoms. The van der Waals surface area contributed by atoms with Gasteiger partial charge in [0.05, 0.1) is 5.71 Å². The lowest BCUT2D eigenvalue weighted by atomic mass is 10.1. The van der Waals surface area contributed by atoms with Gasteiger partial charge in [0.15, 0.2) is 0 Å². The van der Waals surface area contributed by atoms with Gasteiger partial charge in [0.25, 0.3) is 0 Å². The highest BCUT2D eigenvalue weighted by Gasteiger charge is 2.11. The zero-order valence-electron chi connectivity index (χ0n) is 5.12. The van der Waals surface area contributed by atoms with E-state index in [-0.39, 0.29) is 0 Å². The third kappa shape index (κ3) is 1.65. The number of hydroxylamine groups is 2. The van der Waals surface area contributed by atoms with Crippen LogP contribution >= 0.6 is 0 Å². The van der Waals surface area contributed by atoms with Crippen LogP contribution in [-0.2, 0) is 0 Å². The van der Waals surface area contributed by atoms with Crippen LogP contribution in [0.2, 0.25) is 0 Å². The van der Waals surface area contributed by atoms with E-state index in [0.717, 1.165) is 5.71 Å². The fourth-order valence-corrected chi connectivity index (χ4v) is 0.853. The van der Waals surface area contributed by atoms with Crippen molar-refractivity contribution in [1.29, 1.82) is 0 Å². The molecule has 0 radical (unpaired) electrons. The molecule has 0 aliphatic carbocycles. The molecule has 0 aromatic heterocycles. The molecule has 0 atom stereocenters. The van der Waals surface area contributed by atoms with Gasteiger partial charge in [0.2, 0.25) is 0 Å². The van der Waals surface area contributed by atoms with Gasteiger partial charge in [-0.25, -0.2) is 0 Å². The lowest BCUT2D eigenvalue weighted by molar-refractivity contribution is -0.0910. The van der Waals surface area contributed by atoms with Crippen molar-refractivity contribution in [2.45, 2.75) is 12.8 Å². The van der Waals surface area contributed by atoms with Gasteiger partial charge in [-0.15, -0.1) is 0 Å². The van der Waals surface area contributed by atoms with Gasteiger partial charge in [0, 0.05) is 25.9 Å². The van der Waals surface area contributed by atoms with Crippen LogP contribution in [0, 0.1) is 0 Å². The molecule has 2 N–H and O–H groups in total. The first-order chi connectivity index (χ1) is 4.33. The summed E-state index contributed by atoms with van der Waals surface area (Å²) in [5.74, 6) is 0. The first-order valence-electron chi connectivity index (χ1n) is 2.96. The second-order valence-electron chi connectivity index (χ2n) is 2.12. The van der Waals surface area contributed by atoms with Crippen LogP contribution in [0.25, 0.3) is 0 Å². The van der Waals surface area contributed by atoms with Crippen molar-refractivity contribution in [3.05, 3.63) is 0 Å². The van der Waals surface area contributed by atoms with Crippen LogP contribution in [0.3, 0.4) is 0 Å². The average Bonchev–Trinajstić information content (AvgIpc) is 1.90. The topological polar surface area (TPSA) is 56.1 Å². The van der Waals surface area contributed by atoms with E-state index >= 15 is 0 Å². The molecule has 4 nitrogen and oxygen atoms in total. The summed E-state index contributed by atoms with van der Waals surface area (Å²) in [7, 11) is 0. The van der Waals surface area contributed by atoms with Crippen molar-refractivity contribution < 1.29 is 10.4 Å². The molecular weight excluding hydrogens is 120 g/mol. The summed E-state index contributed by atoms with van der Waals surface area (Å²) in [5, 5.41) is 21.4. The van der Waals surface area contributed by atoms with Crippen molar-refractivity contribution in [2.24, 2.45) is 5.16 Å². The highest BCUT2D eigenvalue weighted by atomic mass is 16.5. The largest absolute Gasteiger partial charge is 0.411 e. The molecule has 1 saturated heterocycles. The van der Waals surface area contributed by atoms with Crippen LogP contribution in [0.4, 0.5) is 0 Å². The van der Waals surface area contributed by atoms with E-state index in [1.54, 1.807) is 0 Å². The molecule has 1 aliphatic rings. The van der Waals surface area contributed by atoms with Gasteiger partial charge in [-0.3, -0.25) is 0 Å². The summed E-state index contributed by atoms with van der Waals surface area (Å²) in [4.78, 5) is 0. The molecule has 0 bridgehead atoms. The summed E-state index contributed by atoms with van der Waals surface area (Å²) >= 11 is 0. The molecule has 0 unspecified atom stereocenters. The van der Waals surface area contributed by atoms with Crippen molar-refractivity contribution in [3.63, 3.8) is 0 Å². The normalized spacial score (nSPS) is 22.1. The van der Waals surface area contributed by atoms with Gasteiger partial charge in [0.1, 0.15) is 0 Å². The predicted octanol–water partition coefficient (Wildman–Crippen LogP) is 0.302. The standard InChI is InChI=1S/C5H10N2O2/c8-6-5-1-3-7(9)4-2-5/h8-9H,1-4H2. The van der Waals surface area contributed by atoms with Gasteiger partial charge in [-0.2, -0.15) is 5.06 Å². The van der Waals surface area contributed by atoms with E-state index < -0.39 is 0 Å². The quantitative estimate of drug-likeness (QED) is 0.366. The second kappa shape index (κ2) is 2.80. The Labute approximate surface area is 53.3 Å². The monoisotopic (exact) mass is 130 g/mol. The molecule has 9 heavy (non-hydrogen) atoms. The van der Waals surface area contributed by atoms with Gasteiger partial charge in [-0.1, -0.05) is 5.16 Å². The lowest BCUT2D eigenvalue weighted by Crippen LogP contribution is -2.30. The van der Waals surface area contributed by atoms with E-state index in [9.17, 15) is 0 Å². The summed E-state index contributed by atoms with van der Waals surface area (Å²) in [5.41, 5.74) is 0.778. The van der Waals surface area contributed by atoms with Crippen molar-refractivity contribution >= 4 is 5.71 Å². The molecule has 4 heteroatoms. The summed E-state index contributed by atoms with van der Waals surface area (Å²) < 4.78 is 0. The molecule has 0 aromatic carbocycles. The Morgan fingerprint density at radius 1 is 1.33 bits per heavy atom. The Morgan fingerprint density at radius 2 is 1.89 bits per heavy atom. The minimum absolute atomic E-state index is 0.583. The van der Waals surface area contributed by atoms with Crippen LogP contribution in [0.5, 0.6) is 0 Å². The lowest BCUT2D eigenvalue weighted by Gasteiger charge is -2.19. The fraction of sp³-hybridized carbons (Fsp3) is 0.800. The van der Waals surface area contributed by atoms with Gasteiger partial charge >= 0.3 is 0 Å². The number of hydrogen-bond donors (Lipinski definition) is 2. The summed E-state index contributed by atoms with van der Waals surface area (Å²) in [6, 6.07) is 0. The molecule has 0 amide bonds. The van der Waals surface area contributed by atoms with Crippen LogP contribution in [0.1, 0.15) is 12.8 Å². The average molecular weight is 130 g/mol. The van der Waals surface area contributed by atoms with Crippen LogP contribution < -0.4 is 0 Å². The Bertz CT molecular complexity index is 114. The SMILES string of the molecule is ON=C1CCN(O)CC1. The van der Waals surface area contributed by atoms with E-state index in [1.165, 1.54) is 5.06 Å². The van der Waals surface area contributed by atoms with E-state index in [2.05, 4.69) is 5.16 Å². The van der Waals surface area contributed by atoms with Gasteiger partial charge in [-0.05, 0) is 0 Å². The number of rotatable bonds is 0. The Morgan fingerprint density at radius 3 is 2.33 bits per heavy atom. The number of piperidine rings is 1. The predicted molar refractivity (Wildman–Crippen MR) is 31.8 cm³/mol. The van der Waals surface area contributed by atoms with Crippen molar-refractivity contribution in [1.82, 2.24) is 5.06 Å². The molecule has 1 fully saturated rings. The Balaban J connectivity index is 2.35. The van der Waals surface area contributed by atoms with Crippen LogP contribution in [-0.4, -0.2) is 34.3 Å². The van der Waals surface area contributed by atoms with Crippen LogP contribution in [0.15, 0.2) is 5.16 Å². The second-order valence-corrected chi connectivity index (χ2v) is 2.12. The molecule has 0 aromatic rings. The third-order valence-electron chi connectivity index (χ3n) is 1.46. The highest BCUT2D eigenvalue weighted by Crippen LogP contribution is 2.03. The Hall–Kier alpha value is -0.610. The molecular formula is C5H10N2O2. The minimum Gasteiger partial charge on any atom is -0.411 e. The maximum Gasteiger partial charge on any atom is 0.0598 e. The Kier molecular flexibility index (Phi) is 2.02. The molecule has 1 aliphatic heterocycles. The maximum absolute atomic E-state index is 8.82. The van der Waals surface area contributed by atoms with Gasteiger partial charge < -0.3 is 10.4 Å². The first-order valence-corrected chi connectivity index (χ1v) is 2.96. The van der Waals surface area contributed by atoms with Crippen molar-refractivity contribution in [2.75, 3.05) is 13.1 Å². The fourth-order valence-electron chi connectivity index (χ4n) is 0.853. The number of nitrogens with zero attached hydrogens (tertiary/aromatic N) is 2. The van der Waals surface area contributed by atoms with E-state index in [0.29, 0.717) is 25.9 Å². The smallest absolute Gasteiger partial charge is 0.0598 e. The van der Waals surface area contributed by atoms with Crippen molar-refractivity contribution in [3.8, 4) is 0 Å². The zero-order valence-corrected chi connectivity index (χ0v) is 5.12. The molecule has 1 heterocycles. The number of oxime groups is 1. The maximum atomic E-state index is 8.82. The summed E-state index contributed by atoms with van der Waals surface area (Å²) in [6.07, 6.45) is 1.35. The number of hydrogen-bond acceptors (Lipinski definition) is 4. The third-order valence-corrected chi connectivity index (χ3v) is 1.46. The van der Waals surface area contributed by atoms with E-state index in [4.69, 9.17) is 10.4 Å². The summed E-state index contributed by atoms with van der Waals surface area (Å²) in [6.45, 7) is 1.17. The highest BCUT2D eigenvalue weighted by molar-refractivity contribution is 5.84.